The highest BCUT2D eigenvalue weighted by Crippen LogP contribution is 2.15. The molecule has 1 saturated heterocycles. The Morgan fingerprint density at radius 3 is 2.70 bits per heavy atom. The molecule has 1 unspecified atom stereocenters. The van der Waals surface area contributed by atoms with Crippen LogP contribution < -0.4 is 10.1 Å². The molecule has 1 aromatic rings. The van der Waals surface area contributed by atoms with Crippen LogP contribution in [0.25, 0.3) is 0 Å². The Morgan fingerprint density at radius 2 is 2.10 bits per heavy atom. The second-order valence-corrected chi connectivity index (χ2v) is 4.80. The summed E-state index contributed by atoms with van der Waals surface area (Å²) in [6, 6.07) is 5.86. The lowest BCUT2D eigenvalue weighted by Crippen LogP contribution is -2.55. The minimum Gasteiger partial charge on any atom is -0.481 e. The number of nitrogens with one attached hydrogen (secondary N) is 1. The minimum absolute atomic E-state index is 0. The number of piperazine rings is 1. The molecule has 1 fully saturated rings. The topological polar surface area (TPSA) is 41.6 Å². The van der Waals surface area contributed by atoms with Crippen LogP contribution in [0.5, 0.6) is 5.75 Å². The first-order valence-electron chi connectivity index (χ1n) is 6.51. The van der Waals surface area contributed by atoms with Gasteiger partial charge in [0.2, 0.25) is 0 Å². The molecule has 0 spiro atoms. The summed E-state index contributed by atoms with van der Waals surface area (Å²) in [5.74, 6) is 0.158. The van der Waals surface area contributed by atoms with E-state index in [-0.39, 0.29) is 30.2 Å². The highest BCUT2D eigenvalue weighted by atomic mass is 35.5. The standard InChI is InChI=1S/C14H19FN2O2.ClH/c1-10-9-16-7-8-17(10)14(18)11(2)19-13-5-3-12(15)4-6-13;/h3-6,10-11,16H,7-9H2,1-2H3;1H/t10-,11?;/m1./s1. The van der Waals surface area contributed by atoms with Crippen LogP contribution in [0.3, 0.4) is 0 Å². The van der Waals surface area contributed by atoms with Gasteiger partial charge in [-0.25, -0.2) is 4.39 Å². The molecule has 0 aromatic heterocycles. The predicted molar refractivity (Wildman–Crippen MR) is 77.8 cm³/mol. The SMILES string of the molecule is CC(Oc1ccc(F)cc1)C(=O)N1CCNC[C@H]1C.Cl. The molecular formula is C14H20ClFN2O2. The van der Waals surface area contributed by atoms with Gasteiger partial charge in [0.1, 0.15) is 11.6 Å². The number of nitrogens with zero attached hydrogens (tertiary/aromatic N) is 1. The summed E-state index contributed by atoms with van der Waals surface area (Å²) in [5, 5.41) is 3.24. The van der Waals surface area contributed by atoms with E-state index < -0.39 is 6.10 Å². The van der Waals surface area contributed by atoms with Gasteiger partial charge in [-0.15, -0.1) is 12.4 Å². The van der Waals surface area contributed by atoms with E-state index in [0.29, 0.717) is 12.3 Å². The highest BCUT2D eigenvalue weighted by Gasteiger charge is 2.27. The molecule has 1 N–H and O–H groups in total. The Balaban J connectivity index is 0.00000200. The fourth-order valence-corrected chi connectivity index (χ4v) is 2.17. The van der Waals surface area contributed by atoms with Crippen molar-refractivity contribution in [2.24, 2.45) is 0 Å². The molecule has 0 radical (unpaired) electrons. The van der Waals surface area contributed by atoms with Crippen LogP contribution >= 0.6 is 12.4 Å². The second kappa shape index (κ2) is 7.45. The van der Waals surface area contributed by atoms with E-state index in [4.69, 9.17) is 4.74 Å². The maximum Gasteiger partial charge on any atom is 0.263 e. The minimum atomic E-state index is -0.564. The van der Waals surface area contributed by atoms with Crippen molar-refractivity contribution >= 4 is 18.3 Å². The molecule has 4 nitrogen and oxygen atoms in total. The highest BCUT2D eigenvalue weighted by molar-refractivity contribution is 5.85. The molecular weight excluding hydrogens is 283 g/mol. The van der Waals surface area contributed by atoms with Crippen LogP contribution in [0.4, 0.5) is 4.39 Å². The predicted octanol–water partition coefficient (Wildman–Crippen LogP) is 1.84. The van der Waals surface area contributed by atoms with Gasteiger partial charge in [-0.2, -0.15) is 0 Å². The van der Waals surface area contributed by atoms with Crippen molar-refractivity contribution in [3.05, 3.63) is 30.1 Å². The van der Waals surface area contributed by atoms with Crippen LogP contribution in [-0.2, 0) is 4.79 Å². The first-order valence-corrected chi connectivity index (χ1v) is 6.51. The Morgan fingerprint density at radius 1 is 1.45 bits per heavy atom. The van der Waals surface area contributed by atoms with E-state index in [1.165, 1.54) is 24.3 Å². The van der Waals surface area contributed by atoms with Crippen molar-refractivity contribution < 1.29 is 13.9 Å². The third kappa shape index (κ3) is 4.08. The summed E-state index contributed by atoms with van der Waals surface area (Å²) in [6.45, 7) is 6.03. The van der Waals surface area contributed by atoms with Crippen molar-refractivity contribution in [2.75, 3.05) is 19.6 Å². The van der Waals surface area contributed by atoms with Crippen molar-refractivity contribution in [3.8, 4) is 5.75 Å². The fraction of sp³-hybridized carbons (Fsp3) is 0.500. The summed E-state index contributed by atoms with van der Waals surface area (Å²) in [4.78, 5) is 14.1. The van der Waals surface area contributed by atoms with Crippen LogP contribution in [0.15, 0.2) is 24.3 Å². The van der Waals surface area contributed by atoms with Gasteiger partial charge in [-0.3, -0.25) is 4.79 Å². The van der Waals surface area contributed by atoms with Gasteiger partial charge in [0.15, 0.2) is 6.10 Å². The molecule has 6 heteroatoms. The van der Waals surface area contributed by atoms with Crippen LogP contribution in [-0.4, -0.2) is 42.6 Å². The third-order valence-electron chi connectivity index (χ3n) is 3.26. The normalized spacial score (nSPS) is 19.9. The van der Waals surface area contributed by atoms with E-state index in [1.807, 2.05) is 11.8 Å². The Bertz CT molecular complexity index is 441. The summed E-state index contributed by atoms with van der Waals surface area (Å²) in [5.41, 5.74) is 0. The Hall–Kier alpha value is -1.33. The van der Waals surface area contributed by atoms with E-state index in [9.17, 15) is 9.18 Å². The van der Waals surface area contributed by atoms with Crippen LogP contribution in [0, 0.1) is 5.82 Å². The molecule has 112 valence electrons. The van der Waals surface area contributed by atoms with Gasteiger partial charge in [0.25, 0.3) is 5.91 Å². The first kappa shape index (κ1) is 16.7. The summed E-state index contributed by atoms with van der Waals surface area (Å²) in [6.07, 6.45) is -0.564. The van der Waals surface area contributed by atoms with Crippen LogP contribution in [0.2, 0.25) is 0 Å². The maximum absolute atomic E-state index is 12.8. The first-order chi connectivity index (χ1) is 9.08. The average Bonchev–Trinajstić information content (AvgIpc) is 2.41. The van der Waals surface area contributed by atoms with Crippen molar-refractivity contribution in [1.82, 2.24) is 10.2 Å². The lowest BCUT2D eigenvalue weighted by Gasteiger charge is -2.35. The van der Waals surface area contributed by atoms with E-state index in [1.54, 1.807) is 6.92 Å². The largest absolute Gasteiger partial charge is 0.481 e. The molecule has 0 saturated carbocycles. The smallest absolute Gasteiger partial charge is 0.263 e. The van der Waals surface area contributed by atoms with Gasteiger partial charge in [0, 0.05) is 25.7 Å². The molecule has 20 heavy (non-hydrogen) atoms. The van der Waals surface area contributed by atoms with E-state index >= 15 is 0 Å². The molecule has 1 heterocycles. The fourth-order valence-electron chi connectivity index (χ4n) is 2.17. The number of hydrogen-bond donors (Lipinski definition) is 1. The van der Waals surface area contributed by atoms with Gasteiger partial charge in [-0.1, -0.05) is 0 Å². The van der Waals surface area contributed by atoms with Crippen molar-refractivity contribution in [3.63, 3.8) is 0 Å². The molecule has 1 aliphatic heterocycles. The average molecular weight is 303 g/mol. The molecule has 0 bridgehead atoms. The number of carbonyl (C=O) groups excluding carboxylic acids is 1. The van der Waals surface area contributed by atoms with E-state index in [2.05, 4.69) is 5.32 Å². The van der Waals surface area contributed by atoms with Crippen LogP contribution in [0.1, 0.15) is 13.8 Å². The second-order valence-electron chi connectivity index (χ2n) is 4.80. The number of amides is 1. The lowest BCUT2D eigenvalue weighted by molar-refractivity contribution is -0.140. The number of ether oxygens (including phenoxy) is 1. The van der Waals surface area contributed by atoms with Gasteiger partial charge >= 0.3 is 0 Å². The molecule has 1 aromatic carbocycles. The number of benzene rings is 1. The molecule has 2 atom stereocenters. The molecule has 1 amide bonds. The Kier molecular flexibility index (Phi) is 6.23. The van der Waals surface area contributed by atoms with Gasteiger partial charge < -0.3 is 15.0 Å². The van der Waals surface area contributed by atoms with Gasteiger partial charge in [-0.05, 0) is 38.1 Å². The van der Waals surface area contributed by atoms with Crippen molar-refractivity contribution in [2.45, 2.75) is 26.0 Å². The third-order valence-corrected chi connectivity index (χ3v) is 3.26. The quantitative estimate of drug-likeness (QED) is 0.926. The summed E-state index contributed by atoms with van der Waals surface area (Å²) in [7, 11) is 0. The van der Waals surface area contributed by atoms with Crippen molar-refractivity contribution in [1.29, 1.82) is 0 Å². The number of hydrogen-bond acceptors (Lipinski definition) is 3. The van der Waals surface area contributed by atoms with E-state index in [0.717, 1.165) is 13.1 Å². The summed E-state index contributed by atoms with van der Waals surface area (Å²) >= 11 is 0. The monoisotopic (exact) mass is 302 g/mol. The summed E-state index contributed by atoms with van der Waals surface area (Å²) < 4.78 is 18.3. The zero-order valence-electron chi connectivity index (χ0n) is 11.6. The number of carbonyl (C=O) groups is 1. The molecule has 2 rings (SSSR count). The zero-order chi connectivity index (χ0) is 13.8. The lowest BCUT2D eigenvalue weighted by atomic mass is 10.2. The number of halogens is 2. The zero-order valence-corrected chi connectivity index (χ0v) is 12.5. The van der Waals surface area contributed by atoms with Gasteiger partial charge in [0.05, 0.1) is 0 Å². The number of rotatable bonds is 3. The Labute approximate surface area is 124 Å². The molecule has 0 aliphatic carbocycles. The maximum atomic E-state index is 12.8. The molecule has 1 aliphatic rings.